The normalized spacial score (nSPS) is 17.5. The van der Waals surface area contributed by atoms with Gasteiger partial charge in [-0.1, -0.05) is 24.1 Å². The standard InChI is InChI=1S/C16H22N2/c1-4-16(2,3)17-14-10-12-18(13-11-14)15-8-6-5-7-9-15/h1,5-9,14,17H,10-13H2,2-3H3. The first-order chi connectivity index (χ1) is 8.61. The smallest absolute Gasteiger partial charge is 0.0743 e. The number of benzene rings is 1. The zero-order chi connectivity index (χ0) is 13.0. The Morgan fingerprint density at radius 2 is 1.83 bits per heavy atom. The molecule has 1 aliphatic heterocycles. The topological polar surface area (TPSA) is 15.3 Å². The van der Waals surface area contributed by atoms with E-state index in [1.54, 1.807) is 0 Å². The third-order valence-corrected chi connectivity index (χ3v) is 3.54. The van der Waals surface area contributed by atoms with Gasteiger partial charge in [-0.2, -0.15) is 0 Å². The fourth-order valence-corrected chi connectivity index (χ4v) is 2.47. The van der Waals surface area contributed by atoms with Gasteiger partial charge in [0.2, 0.25) is 0 Å². The molecular formula is C16H22N2. The van der Waals surface area contributed by atoms with Crippen molar-refractivity contribution in [1.29, 1.82) is 0 Å². The van der Waals surface area contributed by atoms with Gasteiger partial charge in [0.15, 0.2) is 0 Å². The van der Waals surface area contributed by atoms with Gasteiger partial charge in [0.1, 0.15) is 0 Å². The van der Waals surface area contributed by atoms with E-state index in [1.807, 2.05) is 0 Å². The van der Waals surface area contributed by atoms with Crippen LogP contribution < -0.4 is 10.2 Å². The number of terminal acetylenes is 1. The zero-order valence-corrected chi connectivity index (χ0v) is 11.3. The zero-order valence-electron chi connectivity index (χ0n) is 11.3. The van der Waals surface area contributed by atoms with Crippen molar-refractivity contribution in [1.82, 2.24) is 5.32 Å². The summed E-state index contributed by atoms with van der Waals surface area (Å²) in [4.78, 5) is 2.45. The van der Waals surface area contributed by atoms with Gasteiger partial charge in [-0.25, -0.2) is 0 Å². The molecule has 1 heterocycles. The summed E-state index contributed by atoms with van der Waals surface area (Å²) in [5.74, 6) is 2.81. The van der Waals surface area contributed by atoms with Crippen LogP contribution in [-0.4, -0.2) is 24.7 Å². The number of hydrogen-bond donors (Lipinski definition) is 1. The second-order valence-electron chi connectivity index (χ2n) is 5.51. The molecule has 0 aliphatic carbocycles. The minimum atomic E-state index is -0.195. The van der Waals surface area contributed by atoms with Gasteiger partial charge in [-0.15, -0.1) is 6.42 Å². The second-order valence-corrected chi connectivity index (χ2v) is 5.51. The fourth-order valence-electron chi connectivity index (χ4n) is 2.47. The Labute approximate surface area is 110 Å². The van der Waals surface area contributed by atoms with Crippen LogP contribution in [0, 0.1) is 12.3 Å². The van der Waals surface area contributed by atoms with Crippen LogP contribution in [0.4, 0.5) is 5.69 Å². The average molecular weight is 242 g/mol. The molecule has 0 amide bonds. The lowest BCUT2D eigenvalue weighted by molar-refractivity contribution is 0.349. The van der Waals surface area contributed by atoms with E-state index in [0.29, 0.717) is 6.04 Å². The van der Waals surface area contributed by atoms with E-state index in [4.69, 9.17) is 6.42 Å². The molecule has 1 N–H and O–H groups in total. The first-order valence-electron chi connectivity index (χ1n) is 6.66. The number of anilines is 1. The lowest BCUT2D eigenvalue weighted by Crippen LogP contribution is -2.50. The van der Waals surface area contributed by atoms with Crippen LogP contribution in [0.15, 0.2) is 30.3 Å². The highest BCUT2D eigenvalue weighted by Crippen LogP contribution is 2.20. The predicted molar refractivity (Wildman–Crippen MR) is 77.7 cm³/mol. The van der Waals surface area contributed by atoms with Crippen molar-refractivity contribution < 1.29 is 0 Å². The van der Waals surface area contributed by atoms with Crippen LogP contribution >= 0.6 is 0 Å². The minimum Gasteiger partial charge on any atom is -0.371 e. The minimum absolute atomic E-state index is 0.195. The molecule has 0 bridgehead atoms. The van der Waals surface area contributed by atoms with Crippen LogP contribution in [-0.2, 0) is 0 Å². The molecule has 1 aliphatic rings. The Kier molecular flexibility index (Phi) is 3.93. The van der Waals surface area contributed by atoms with E-state index in [9.17, 15) is 0 Å². The summed E-state index contributed by atoms with van der Waals surface area (Å²) in [6.07, 6.45) is 7.82. The number of nitrogens with one attached hydrogen (secondary N) is 1. The molecule has 1 aromatic carbocycles. The summed E-state index contributed by atoms with van der Waals surface area (Å²) in [6.45, 7) is 6.33. The Morgan fingerprint density at radius 1 is 1.22 bits per heavy atom. The van der Waals surface area contributed by atoms with E-state index in [-0.39, 0.29) is 5.54 Å². The maximum absolute atomic E-state index is 5.52. The first-order valence-corrected chi connectivity index (χ1v) is 6.66. The SMILES string of the molecule is C#CC(C)(C)NC1CCN(c2ccccc2)CC1. The third kappa shape index (κ3) is 3.27. The molecular weight excluding hydrogens is 220 g/mol. The maximum atomic E-state index is 5.52. The van der Waals surface area contributed by atoms with Crippen LogP contribution in [0.1, 0.15) is 26.7 Å². The van der Waals surface area contributed by atoms with Crippen molar-refractivity contribution in [3.8, 4) is 12.3 Å². The van der Waals surface area contributed by atoms with Gasteiger partial charge in [-0.05, 0) is 38.8 Å². The number of nitrogens with zero attached hydrogens (tertiary/aromatic N) is 1. The van der Waals surface area contributed by atoms with Crippen molar-refractivity contribution in [2.24, 2.45) is 0 Å². The molecule has 2 nitrogen and oxygen atoms in total. The molecule has 2 rings (SSSR count). The molecule has 96 valence electrons. The van der Waals surface area contributed by atoms with Gasteiger partial charge in [-0.3, -0.25) is 5.32 Å². The lowest BCUT2D eigenvalue weighted by Gasteiger charge is -2.36. The van der Waals surface area contributed by atoms with Crippen molar-refractivity contribution in [3.63, 3.8) is 0 Å². The van der Waals surface area contributed by atoms with Crippen LogP contribution in [0.2, 0.25) is 0 Å². The summed E-state index contributed by atoms with van der Waals surface area (Å²) >= 11 is 0. The first kappa shape index (κ1) is 13.0. The van der Waals surface area contributed by atoms with E-state index in [0.717, 1.165) is 25.9 Å². The maximum Gasteiger partial charge on any atom is 0.0743 e. The summed E-state index contributed by atoms with van der Waals surface area (Å²) in [6, 6.07) is 11.2. The Balaban J connectivity index is 1.88. The van der Waals surface area contributed by atoms with Crippen LogP contribution in [0.3, 0.4) is 0 Å². The molecule has 1 aromatic rings. The highest BCUT2D eigenvalue weighted by Gasteiger charge is 2.24. The summed E-state index contributed by atoms with van der Waals surface area (Å²) in [5.41, 5.74) is 1.13. The highest BCUT2D eigenvalue weighted by molar-refractivity contribution is 5.46. The third-order valence-electron chi connectivity index (χ3n) is 3.54. The van der Waals surface area contributed by atoms with Gasteiger partial charge in [0.05, 0.1) is 5.54 Å². The molecule has 0 atom stereocenters. The Morgan fingerprint density at radius 3 is 2.39 bits per heavy atom. The van der Waals surface area contributed by atoms with Crippen molar-refractivity contribution >= 4 is 5.69 Å². The average Bonchev–Trinajstić information content (AvgIpc) is 2.40. The highest BCUT2D eigenvalue weighted by atomic mass is 15.2. The van der Waals surface area contributed by atoms with Gasteiger partial charge in [0.25, 0.3) is 0 Å². The molecule has 0 spiro atoms. The lowest BCUT2D eigenvalue weighted by atomic mass is 9.99. The monoisotopic (exact) mass is 242 g/mol. The Bertz CT molecular complexity index is 408. The van der Waals surface area contributed by atoms with Gasteiger partial charge < -0.3 is 4.90 Å². The second kappa shape index (κ2) is 5.46. The number of para-hydroxylation sites is 1. The summed E-state index contributed by atoms with van der Waals surface area (Å²) in [7, 11) is 0. The molecule has 2 heteroatoms. The summed E-state index contributed by atoms with van der Waals surface area (Å²) < 4.78 is 0. The van der Waals surface area contributed by atoms with Gasteiger partial charge >= 0.3 is 0 Å². The van der Waals surface area contributed by atoms with Gasteiger partial charge in [0, 0.05) is 24.8 Å². The van der Waals surface area contributed by atoms with E-state index in [1.165, 1.54) is 5.69 Å². The molecule has 0 saturated carbocycles. The summed E-state index contributed by atoms with van der Waals surface area (Å²) in [5, 5.41) is 3.55. The van der Waals surface area contributed by atoms with Crippen LogP contribution in [0.5, 0.6) is 0 Å². The molecule has 0 aromatic heterocycles. The molecule has 1 fully saturated rings. The molecule has 1 saturated heterocycles. The molecule has 18 heavy (non-hydrogen) atoms. The quantitative estimate of drug-likeness (QED) is 0.820. The van der Waals surface area contributed by atoms with E-state index < -0.39 is 0 Å². The van der Waals surface area contributed by atoms with Crippen molar-refractivity contribution in [3.05, 3.63) is 30.3 Å². The van der Waals surface area contributed by atoms with Crippen LogP contribution in [0.25, 0.3) is 0 Å². The number of piperidine rings is 1. The largest absolute Gasteiger partial charge is 0.371 e. The fraction of sp³-hybridized carbons (Fsp3) is 0.500. The van der Waals surface area contributed by atoms with E-state index >= 15 is 0 Å². The Hall–Kier alpha value is -1.46. The number of rotatable bonds is 3. The molecule has 0 radical (unpaired) electrons. The van der Waals surface area contributed by atoms with Crippen molar-refractivity contribution in [2.75, 3.05) is 18.0 Å². The predicted octanol–water partition coefficient (Wildman–Crippen LogP) is 2.66. The number of hydrogen-bond acceptors (Lipinski definition) is 2. The van der Waals surface area contributed by atoms with E-state index in [2.05, 4.69) is 60.3 Å². The van der Waals surface area contributed by atoms with Crippen molar-refractivity contribution in [2.45, 2.75) is 38.3 Å². The molecule has 0 unspecified atom stereocenters.